The highest BCUT2D eigenvalue weighted by atomic mass is 35.5. The van der Waals surface area contributed by atoms with Crippen molar-refractivity contribution in [2.45, 2.75) is 20.0 Å². The predicted octanol–water partition coefficient (Wildman–Crippen LogP) is 3.93. The van der Waals surface area contributed by atoms with Gasteiger partial charge >= 0.3 is 6.03 Å². The Balaban J connectivity index is 1.95. The minimum atomic E-state index is -0.905. The van der Waals surface area contributed by atoms with E-state index in [1.807, 2.05) is 13.8 Å². The van der Waals surface area contributed by atoms with Crippen molar-refractivity contribution in [3.63, 3.8) is 0 Å². The molecule has 28 heavy (non-hydrogen) atoms. The van der Waals surface area contributed by atoms with Crippen molar-refractivity contribution < 1.29 is 23.5 Å². The van der Waals surface area contributed by atoms with Gasteiger partial charge in [0.15, 0.2) is 0 Å². The van der Waals surface area contributed by atoms with Crippen molar-refractivity contribution in [3.8, 4) is 5.75 Å². The number of rotatable bonds is 4. The number of carbonyl (C=O) groups excluding carboxylic acids is 3. The van der Waals surface area contributed by atoms with E-state index in [9.17, 15) is 18.8 Å². The lowest BCUT2D eigenvalue weighted by molar-refractivity contribution is -0.122. The van der Waals surface area contributed by atoms with Gasteiger partial charge in [-0.1, -0.05) is 17.7 Å². The standard InChI is InChI=1S/C20H16ClFN2O4/c1-11(2)28-17-8-3-12(10-16(17)21)9-15-18(25)23-20(27)24(19(15)26)14-6-4-13(22)5-7-14/h3-11H,1-2H3,(H,23,25,27). The summed E-state index contributed by atoms with van der Waals surface area (Å²) in [6.45, 7) is 3.72. The molecule has 4 amide bonds. The molecule has 2 aromatic carbocycles. The number of benzene rings is 2. The number of nitrogens with one attached hydrogen (secondary N) is 1. The highest BCUT2D eigenvalue weighted by Crippen LogP contribution is 2.28. The Morgan fingerprint density at radius 3 is 2.39 bits per heavy atom. The average Bonchev–Trinajstić information content (AvgIpc) is 2.62. The lowest BCUT2D eigenvalue weighted by atomic mass is 10.1. The number of nitrogens with zero attached hydrogens (tertiary/aromatic N) is 1. The Kier molecular flexibility index (Phi) is 5.46. The van der Waals surface area contributed by atoms with Crippen molar-refractivity contribution in [1.29, 1.82) is 0 Å². The topological polar surface area (TPSA) is 75.7 Å². The Morgan fingerprint density at radius 1 is 1.11 bits per heavy atom. The second kappa shape index (κ2) is 7.82. The Bertz CT molecular complexity index is 986. The van der Waals surface area contributed by atoms with Gasteiger partial charge in [0.1, 0.15) is 17.1 Å². The van der Waals surface area contributed by atoms with E-state index in [2.05, 4.69) is 5.32 Å². The second-order valence-electron chi connectivity index (χ2n) is 6.29. The molecule has 0 aromatic heterocycles. The number of urea groups is 1. The predicted molar refractivity (Wildman–Crippen MR) is 103 cm³/mol. The van der Waals surface area contributed by atoms with Crippen LogP contribution in [0.1, 0.15) is 19.4 Å². The number of barbiturate groups is 1. The molecule has 0 radical (unpaired) electrons. The lowest BCUT2D eigenvalue weighted by Gasteiger charge is -2.26. The van der Waals surface area contributed by atoms with Crippen molar-refractivity contribution in [1.82, 2.24) is 5.32 Å². The van der Waals surface area contributed by atoms with Gasteiger partial charge in [0.2, 0.25) is 0 Å². The summed E-state index contributed by atoms with van der Waals surface area (Å²) in [6, 6.07) is 8.68. The van der Waals surface area contributed by atoms with E-state index in [1.54, 1.807) is 18.2 Å². The van der Waals surface area contributed by atoms with Gasteiger partial charge in [0.05, 0.1) is 16.8 Å². The monoisotopic (exact) mass is 402 g/mol. The summed E-state index contributed by atoms with van der Waals surface area (Å²) in [5.74, 6) is -1.69. The van der Waals surface area contributed by atoms with Crippen LogP contribution in [0.2, 0.25) is 5.02 Å². The van der Waals surface area contributed by atoms with Crippen LogP contribution < -0.4 is 15.0 Å². The van der Waals surface area contributed by atoms with E-state index in [4.69, 9.17) is 16.3 Å². The number of ether oxygens (including phenoxy) is 1. The summed E-state index contributed by atoms with van der Waals surface area (Å²) < 4.78 is 18.7. The molecule has 0 unspecified atom stereocenters. The first-order chi connectivity index (χ1) is 13.3. The molecule has 1 heterocycles. The van der Waals surface area contributed by atoms with E-state index in [-0.39, 0.29) is 17.4 Å². The molecule has 1 aliphatic heterocycles. The van der Waals surface area contributed by atoms with Crippen LogP contribution in [0.3, 0.4) is 0 Å². The highest BCUT2D eigenvalue weighted by Gasteiger charge is 2.36. The molecule has 144 valence electrons. The molecule has 3 rings (SSSR count). The third-order valence-corrected chi connectivity index (χ3v) is 4.11. The maximum absolute atomic E-state index is 13.1. The van der Waals surface area contributed by atoms with Crippen molar-refractivity contribution in [3.05, 3.63) is 64.4 Å². The van der Waals surface area contributed by atoms with E-state index in [0.717, 1.165) is 17.0 Å². The third kappa shape index (κ3) is 4.04. The molecule has 0 bridgehead atoms. The summed E-state index contributed by atoms with van der Waals surface area (Å²) in [5, 5.41) is 2.42. The SMILES string of the molecule is CC(C)Oc1ccc(C=C2C(=O)NC(=O)N(c3ccc(F)cc3)C2=O)cc1Cl. The Hall–Kier alpha value is -3.19. The van der Waals surface area contributed by atoms with Crippen LogP contribution >= 0.6 is 11.6 Å². The molecule has 1 N–H and O–H groups in total. The first-order valence-electron chi connectivity index (χ1n) is 8.39. The van der Waals surface area contributed by atoms with Crippen LogP contribution in [0.15, 0.2) is 48.0 Å². The highest BCUT2D eigenvalue weighted by molar-refractivity contribution is 6.39. The van der Waals surface area contributed by atoms with Crippen LogP contribution in [-0.2, 0) is 9.59 Å². The van der Waals surface area contributed by atoms with Gasteiger partial charge in [-0.2, -0.15) is 0 Å². The smallest absolute Gasteiger partial charge is 0.335 e. The van der Waals surface area contributed by atoms with Crippen molar-refractivity contribution in [2.24, 2.45) is 0 Å². The minimum absolute atomic E-state index is 0.0670. The summed E-state index contributed by atoms with van der Waals surface area (Å²) >= 11 is 6.19. The first-order valence-corrected chi connectivity index (χ1v) is 8.77. The van der Waals surface area contributed by atoms with E-state index in [0.29, 0.717) is 16.3 Å². The third-order valence-electron chi connectivity index (χ3n) is 3.82. The molecule has 0 aliphatic carbocycles. The molecule has 6 nitrogen and oxygen atoms in total. The van der Waals surface area contributed by atoms with Crippen LogP contribution in [0.5, 0.6) is 5.75 Å². The summed E-state index contributed by atoms with van der Waals surface area (Å²) in [5.41, 5.74) is 0.367. The van der Waals surface area contributed by atoms with Gasteiger partial charge in [-0.25, -0.2) is 14.1 Å². The van der Waals surface area contributed by atoms with Gasteiger partial charge in [0.25, 0.3) is 11.8 Å². The quantitative estimate of drug-likeness (QED) is 0.621. The number of imide groups is 2. The van der Waals surface area contributed by atoms with E-state index in [1.165, 1.54) is 18.2 Å². The summed E-state index contributed by atoms with van der Waals surface area (Å²) in [6.07, 6.45) is 1.26. The average molecular weight is 403 g/mol. The fraction of sp³-hybridized carbons (Fsp3) is 0.150. The second-order valence-corrected chi connectivity index (χ2v) is 6.70. The molecule has 0 saturated carbocycles. The van der Waals surface area contributed by atoms with Gasteiger partial charge in [-0.3, -0.25) is 14.9 Å². The van der Waals surface area contributed by atoms with Crippen LogP contribution in [0, 0.1) is 5.82 Å². The molecule has 8 heteroatoms. The van der Waals surface area contributed by atoms with Gasteiger partial charge in [-0.15, -0.1) is 0 Å². The van der Waals surface area contributed by atoms with Gasteiger partial charge < -0.3 is 4.74 Å². The van der Waals surface area contributed by atoms with E-state index >= 15 is 0 Å². The van der Waals surface area contributed by atoms with Crippen LogP contribution in [0.25, 0.3) is 6.08 Å². The molecule has 1 fully saturated rings. The maximum atomic E-state index is 13.1. The van der Waals surface area contributed by atoms with E-state index < -0.39 is 23.7 Å². The molecule has 1 aliphatic rings. The van der Waals surface area contributed by atoms with Crippen molar-refractivity contribution in [2.75, 3.05) is 4.90 Å². The molecule has 0 atom stereocenters. The molecule has 2 aromatic rings. The zero-order valence-corrected chi connectivity index (χ0v) is 15.8. The maximum Gasteiger partial charge on any atom is 0.335 e. The largest absolute Gasteiger partial charge is 0.489 e. The number of halogens is 2. The fourth-order valence-corrected chi connectivity index (χ4v) is 2.84. The Morgan fingerprint density at radius 2 is 1.79 bits per heavy atom. The zero-order chi connectivity index (χ0) is 20.4. The summed E-state index contributed by atoms with van der Waals surface area (Å²) in [7, 11) is 0. The van der Waals surface area contributed by atoms with Gasteiger partial charge in [0, 0.05) is 0 Å². The Labute approximate surface area is 165 Å². The lowest BCUT2D eigenvalue weighted by Crippen LogP contribution is -2.54. The molecular weight excluding hydrogens is 387 g/mol. The first kappa shape index (κ1) is 19.6. The fourth-order valence-electron chi connectivity index (χ4n) is 2.61. The molecule has 0 spiro atoms. The molecule has 1 saturated heterocycles. The summed E-state index contributed by atoms with van der Waals surface area (Å²) in [4.78, 5) is 37.8. The van der Waals surface area contributed by atoms with Crippen molar-refractivity contribution >= 4 is 41.2 Å². The number of hydrogen-bond acceptors (Lipinski definition) is 4. The zero-order valence-electron chi connectivity index (χ0n) is 15.0. The minimum Gasteiger partial charge on any atom is -0.489 e. The number of anilines is 1. The van der Waals surface area contributed by atoms with Gasteiger partial charge in [-0.05, 0) is 61.9 Å². The number of hydrogen-bond donors (Lipinski definition) is 1. The van der Waals surface area contributed by atoms with Crippen LogP contribution in [-0.4, -0.2) is 23.9 Å². The number of carbonyl (C=O) groups is 3. The van der Waals surface area contributed by atoms with Crippen LogP contribution in [0.4, 0.5) is 14.9 Å². The number of amides is 4. The normalized spacial score (nSPS) is 16.0. The molecular formula is C20H16ClFN2O4.